The summed E-state index contributed by atoms with van der Waals surface area (Å²) in [6.07, 6.45) is 3.89. The van der Waals surface area contributed by atoms with Gasteiger partial charge in [-0.15, -0.1) is 0 Å². The topological polar surface area (TPSA) is 64.6 Å². The minimum Gasteiger partial charge on any atom is -0.481 e. The number of methoxy groups -OCH3 is 1. The van der Waals surface area contributed by atoms with Crippen LogP contribution in [0.3, 0.4) is 0 Å². The number of benzene rings is 2. The highest BCUT2D eigenvalue weighted by Crippen LogP contribution is 2.26. The van der Waals surface area contributed by atoms with Crippen molar-refractivity contribution in [1.82, 2.24) is 0 Å². The van der Waals surface area contributed by atoms with Crippen molar-refractivity contribution in [3.8, 4) is 5.75 Å². The lowest BCUT2D eigenvalue weighted by Crippen LogP contribution is -2.30. The van der Waals surface area contributed by atoms with E-state index in [1.54, 1.807) is 31.2 Å². The van der Waals surface area contributed by atoms with Crippen LogP contribution in [0.4, 0.5) is 5.69 Å². The van der Waals surface area contributed by atoms with Gasteiger partial charge in [-0.3, -0.25) is 4.79 Å². The Labute approximate surface area is 153 Å². The summed E-state index contributed by atoms with van der Waals surface area (Å²) < 4.78 is 10.6. The van der Waals surface area contributed by atoms with E-state index >= 15 is 0 Å². The minimum absolute atomic E-state index is 0.310. The van der Waals surface area contributed by atoms with E-state index in [2.05, 4.69) is 11.4 Å². The molecule has 2 aromatic rings. The lowest BCUT2D eigenvalue weighted by atomic mass is 9.92. The van der Waals surface area contributed by atoms with Gasteiger partial charge >= 0.3 is 5.97 Å². The molecule has 5 heteroatoms. The van der Waals surface area contributed by atoms with E-state index in [4.69, 9.17) is 9.47 Å². The highest BCUT2D eigenvalue weighted by molar-refractivity contribution is 6.02. The van der Waals surface area contributed by atoms with Crippen LogP contribution >= 0.6 is 0 Å². The van der Waals surface area contributed by atoms with E-state index in [1.165, 1.54) is 31.1 Å². The van der Waals surface area contributed by atoms with Crippen molar-refractivity contribution in [2.45, 2.75) is 38.7 Å². The van der Waals surface area contributed by atoms with Crippen molar-refractivity contribution in [2.75, 3.05) is 12.4 Å². The van der Waals surface area contributed by atoms with Crippen molar-refractivity contribution in [3.63, 3.8) is 0 Å². The van der Waals surface area contributed by atoms with Crippen LogP contribution in [0.15, 0.2) is 42.5 Å². The van der Waals surface area contributed by atoms with Crippen molar-refractivity contribution < 1.29 is 19.1 Å². The fourth-order valence-corrected chi connectivity index (χ4v) is 3.16. The molecule has 1 amide bonds. The van der Waals surface area contributed by atoms with E-state index in [1.807, 2.05) is 12.1 Å². The molecular weight excluding hydrogens is 330 g/mol. The number of amides is 1. The maximum Gasteiger partial charge on any atom is 0.339 e. The predicted molar refractivity (Wildman–Crippen MR) is 99.6 cm³/mol. The van der Waals surface area contributed by atoms with Gasteiger partial charge in [-0.2, -0.15) is 0 Å². The largest absolute Gasteiger partial charge is 0.481 e. The number of hydrogen-bond acceptors (Lipinski definition) is 4. The molecule has 0 bridgehead atoms. The average molecular weight is 353 g/mol. The lowest BCUT2D eigenvalue weighted by molar-refractivity contribution is -0.122. The summed E-state index contributed by atoms with van der Waals surface area (Å²) in [5.74, 6) is -0.127. The standard InChI is InChI=1S/C21H23NO4/c1-14(26-17-12-11-15-7-3-4-8-16(15)13-17)20(23)22-19-10-6-5-9-18(19)21(24)25-2/h5-6,9-14H,3-4,7-8H2,1-2H3,(H,22,23). The third kappa shape index (κ3) is 4.04. The highest BCUT2D eigenvalue weighted by Gasteiger charge is 2.19. The number of rotatable bonds is 5. The Kier molecular flexibility index (Phi) is 5.56. The molecule has 2 aromatic carbocycles. The van der Waals surface area contributed by atoms with Crippen LogP contribution < -0.4 is 10.1 Å². The molecule has 1 aliphatic rings. The average Bonchev–Trinajstić information content (AvgIpc) is 2.67. The van der Waals surface area contributed by atoms with Gasteiger partial charge in [0.25, 0.3) is 5.91 Å². The van der Waals surface area contributed by atoms with Gasteiger partial charge in [0.1, 0.15) is 5.75 Å². The number of fused-ring (bicyclic) bond motifs is 1. The molecule has 0 fully saturated rings. The second-order valence-electron chi connectivity index (χ2n) is 6.42. The van der Waals surface area contributed by atoms with E-state index in [-0.39, 0.29) is 5.91 Å². The highest BCUT2D eigenvalue weighted by atomic mass is 16.5. The van der Waals surface area contributed by atoms with Crippen LogP contribution in [0.2, 0.25) is 0 Å². The molecule has 0 saturated carbocycles. The van der Waals surface area contributed by atoms with Gasteiger partial charge in [-0.1, -0.05) is 18.2 Å². The minimum atomic E-state index is -0.692. The van der Waals surface area contributed by atoms with Crippen LogP contribution in [-0.4, -0.2) is 25.1 Å². The zero-order valence-electron chi connectivity index (χ0n) is 15.1. The zero-order chi connectivity index (χ0) is 18.5. The molecule has 136 valence electrons. The predicted octanol–water partition coefficient (Wildman–Crippen LogP) is 3.76. The number of hydrogen-bond donors (Lipinski definition) is 1. The van der Waals surface area contributed by atoms with E-state index in [0.717, 1.165) is 12.8 Å². The first kappa shape index (κ1) is 18.0. The number of esters is 1. The molecule has 1 atom stereocenters. The third-order valence-corrected chi connectivity index (χ3v) is 4.59. The summed E-state index contributed by atoms with van der Waals surface area (Å²) in [4.78, 5) is 24.3. The number of carbonyl (C=O) groups excluding carboxylic acids is 2. The van der Waals surface area contributed by atoms with E-state index < -0.39 is 12.1 Å². The Bertz CT molecular complexity index is 815. The van der Waals surface area contributed by atoms with Crippen molar-refractivity contribution in [3.05, 3.63) is 59.2 Å². The van der Waals surface area contributed by atoms with Gasteiger partial charge in [0.2, 0.25) is 0 Å². The van der Waals surface area contributed by atoms with E-state index in [0.29, 0.717) is 17.0 Å². The SMILES string of the molecule is COC(=O)c1ccccc1NC(=O)C(C)Oc1ccc2c(c1)CCCC2. The number of para-hydroxylation sites is 1. The van der Waals surface area contributed by atoms with Gasteiger partial charge < -0.3 is 14.8 Å². The van der Waals surface area contributed by atoms with Crippen LogP contribution in [0, 0.1) is 0 Å². The lowest BCUT2D eigenvalue weighted by Gasteiger charge is -2.19. The van der Waals surface area contributed by atoms with Gasteiger partial charge in [-0.25, -0.2) is 4.79 Å². The first-order valence-electron chi connectivity index (χ1n) is 8.85. The van der Waals surface area contributed by atoms with Gasteiger partial charge in [0, 0.05) is 0 Å². The molecule has 0 saturated heterocycles. The monoisotopic (exact) mass is 353 g/mol. The van der Waals surface area contributed by atoms with Crippen LogP contribution in [-0.2, 0) is 22.4 Å². The number of anilines is 1. The molecule has 1 unspecified atom stereocenters. The summed E-state index contributed by atoms with van der Waals surface area (Å²) in [5, 5.41) is 2.74. The van der Waals surface area contributed by atoms with Crippen molar-refractivity contribution >= 4 is 17.6 Å². The molecule has 1 aliphatic carbocycles. The molecular formula is C21H23NO4. The molecule has 1 N–H and O–H groups in total. The normalized spacial score (nSPS) is 14.1. The van der Waals surface area contributed by atoms with Crippen LogP contribution in [0.25, 0.3) is 0 Å². The van der Waals surface area contributed by atoms with Gasteiger partial charge in [-0.05, 0) is 68.0 Å². The number of ether oxygens (including phenoxy) is 2. The Morgan fingerprint density at radius 3 is 2.54 bits per heavy atom. The molecule has 26 heavy (non-hydrogen) atoms. The summed E-state index contributed by atoms with van der Waals surface area (Å²) >= 11 is 0. The fraction of sp³-hybridized carbons (Fsp3) is 0.333. The number of aryl methyl sites for hydroxylation is 2. The molecule has 0 aliphatic heterocycles. The maximum absolute atomic E-state index is 12.5. The second kappa shape index (κ2) is 8.04. The Morgan fingerprint density at radius 1 is 1.04 bits per heavy atom. The fourth-order valence-electron chi connectivity index (χ4n) is 3.16. The van der Waals surface area contributed by atoms with Crippen LogP contribution in [0.5, 0.6) is 5.75 Å². The van der Waals surface area contributed by atoms with Crippen molar-refractivity contribution in [1.29, 1.82) is 0 Å². The molecule has 0 heterocycles. The first-order chi connectivity index (χ1) is 12.6. The van der Waals surface area contributed by atoms with Gasteiger partial charge in [0.15, 0.2) is 6.10 Å². The Balaban J connectivity index is 1.68. The van der Waals surface area contributed by atoms with Crippen LogP contribution in [0.1, 0.15) is 41.3 Å². The van der Waals surface area contributed by atoms with Crippen molar-refractivity contribution in [2.24, 2.45) is 0 Å². The van der Waals surface area contributed by atoms with E-state index in [9.17, 15) is 9.59 Å². The summed E-state index contributed by atoms with van der Waals surface area (Å²) in [6.45, 7) is 1.69. The number of carbonyl (C=O) groups is 2. The zero-order valence-corrected chi connectivity index (χ0v) is 15.1. The molecule has 0 spiro atoms. The Hall–Kier alpha value is -2.82. The second-order valence-corrected chi connectivity index (χ2v) is 6.42. The summed E-state index contributed by atoms with van der Waals surface area (Å²) in [7, 11) is 1.31. The molecule has 0 aromatic heterocycles. The number of nitrogens with one attached hydrogen (secondary N) is 1. The smallest absolute Gasteiger partial charge is 0.339 e. The molecule has 5 nitrogen and oxygen atoms in total. The maximum atomic E-state index is 12.5. The first-order valence-corrected chi connectivity index (χ1v) is 8.85. The Morgan fingerprint density at radius 2 is 1.77 bits per heavy atom. The third-order valence-electron chi connectivity index (χ3n) is 4.59. The summed E-state index contributed by atoms with van der Waals surface area (Å²) in [5.41, 5.74) is 3.39. The molecule has 0 radical (unpaired) electrons. The summed E-state index contributed by atoms with van der Waals surface area (Å²) in [6, 6.07) is 12.8. The quantitative estimate of drug-likeness (QED) is 0.832. The van der Waals surface area contributed by atoms with Gasteiger partial charge in [0.05, 0.1) is 18.4 Å². The molecule has 3 rings (SSSR count).